The fourth-order valence-corrected chi connectivity index (χ4v) is 5.60. The van der Waals surface area contributed by atoms with E-state index in [0.717, 1.165) is 12.0 Å². The number of benzene rings is 2. The van der Waals surface area contributed by atoms with E-state index in [4.69, 9.17) is 0 Å². The van der Waals surface area contributed by atoms with Gasteiger partial charge in [-0.15, -0.1) is 0 Å². The molecule has 1 N–H and O–H groups in total. The lowest BCUT2D eigenvalue weighted by Gasteiger charge is -2.32. The van der Waals surface area contributed by atoms with E-state index in [2.05, 4.69) is 19.2 Å². The molecule has 1 amide bonds. The highest BCUT2D eigenvalue weighted by Gasteiger charge is 2.32. The minimum Gasteiger partial charge on any atom is -0.349 e. The normalized spacial score (nSPS) is 16.9. The Labute approximate surface area is 184 Å². The molecule has 1 aliphatic heterocycles. The first-order chi connectivity index (χ1) is 14.8. The number of hydrogen-bond donors (Lipinski definition) is 1. The van der Waals surface area contributed by atoms with Crippen LogP contribution < -0.4 is 5.32 Å². The van der Waals surface area contributed by atoms with Gasteiger partial charge in [0.2, 0.25) is 15.9 Å². The first-order valence-corrected chi connectivity index (χ1v) is 12.4. The maximum Gasteiger partial charge on any atom is 0.223 e. The number of carbonyl (C=O) groups is 1. The number of halogens is 1. The van der Waals surface area contributed by atoms with Crippen LogP contribution >= 0.6 is 0 Å². The van der Waals surface area contributed by atoms with Gasteiger partial charge in [-0.05, 0) is 36.8 Å². The lowest BCUT2D eigenvalue weighted by Crippen LogP contribution is -2.44. The van der Waals surface area contributed by atoms with Crippen molar-refractivity contribution in [2.45, 2.75) is 44.9 Å². The highest BCUT2D eigenvalue weighted by Crippen LogP contribution is 2.26. The third-order valence-electron chi connectivity index (χ3n) is 5.74. The SMILES string of the molecule is CC(C)CC(NC(=O)C1CCN(S(=O)(=O)Cc2ccccc2F)CC1)c1ccccc1. The monoisotopic (exact) mass is 446 g/mol. The molecule has 1 heterocycles. The summed E-state index contributed by atoms with van der Waals surface area (Å²) >= 11 is 0. The highest BCUT2D eigenvalue weighted by atomic mass is 32.2. The quantitative estimate of drug-likeness (QED) is 0.659. The molecule has 0 radical (unpaired) electrons. The first-order valence-electron chi connectivity index (χ1n) is 10.8. The van der Waals surface area contributed by atoms with Gasteiger partial charge in [-0.2, -0.15) is 0 Å². The van der Waals surface area contributed by atoms with Crippen molar-refractivity contribution in [1.82, 2.24) is 9.62 Å². The molecule has 0 saturated carbocycles. The Morgan fingerprint density at radius 2 is 1.68 bits per heavy atom. The number of sulfonamides is 1. The number of rotatable bonds is 8. The molecule has 1 fully saturated rings. The Balaban J connectivity index is 1.59. The maximum absolute atomic E-state index is 13.9. The van der Waals surface area contributed by atoms with E-state index in [1.165, 1.54) is 22.5 Å². The van der Waals surface area contributed by atoms with E-state index in [-0.39, 0.29) is 42.3 Å². The Kier molecular flexibility index (Phi) is 7.84. The second-order valence-electron chi connectivity index (χ2n) is 8.62. The lowest BCUT2D eigenvalue weighted by atomic mass is 9.93. The molecule has 5 nitrogen and oxygen atoms in total. The molecule has 1 saturated heterocycles. The first kappa shape index (κ1) is 23.4. The molecule has 168 valence electrons. The number of piperidine rings is 1. The molecule has 0 aliphatic carbocycles. The van der Waals surface area contributed by atoms with Crippen LogP contribution in [-0.2, 0) is 20.6 Å². The van der Waals surface area contributed by atoms with Gasteiger partial charge in [0.1, 0.15) is 5.82 Å². The van der Waals surface area contributed by atoms with Crippen molar-refractivity contribution in [3.63, 3.8) is 0 Å². The molecular formula is C24H31FN2O3S. The molecule has 3 rings (SSSR count). The van der Waals surface area contributed by atoms with Gasteiger partial charge in [0.05, 0.1) is 11.8 Å². The van der Waals surface area contributed by atoms with Crippen LogP contribution in [0, 0.1) is 17.7 Å². The summed E-state index contributed by atoms with van der Waals surface area (Å²) in [5.41, 5.74) is 1.25. The molecular weight excluding hydrogens is 415 g/mol. The van der Waals surface area contributed by atoms with Crippen LogP contribution in [0.25, 0.3) is 0 Å². The third kappa shape index (κ3) is 6.37. The van der Waals surface area contributed by atoms with E-state index >= 15 is 0 Å². The molecule has 0 aromatic heterocycles. The van der Waals surface area contributed by atoms with Crippen molar-refractivity contribution < 1.29 is 17.6 Å². The van der Waals surface area contributed by atoms with Gasteiger partial charge in [-0.3, -0.25) is 4.79 Å². The summed E-state index contributed by atoms with van der Waals surface area (Å²) in [5.74, 6) is -0.701. The zero-order valence-corrected chi connectivity index (χ0v) is 18.9. The van der Waals surface area contributed by atoms with E-state index in [1.54, 1.807) is 6.07 Å². The van der Waals surface area contributed by atoms with Gasteiger partial charge < -0.3 is 5.32 Å². The smallest absolute Gasteiger partial charge is 0.223 e. The van der Waals surface area contributed by atoms with E-state index in [0.29, 0.717) is 18.8 Å². The maximum atomic E-state index is 13.9. The Bertz CT molecular complexity index is 971. The Morgan fingerprint density at radius 1 is 1.06 bits per heavy atom. The van der Waals surface area contributed by atoms with Gasteiger partial charge in [0, 0.05) is 24.6 Å². The average molecular weight is 447 g/mol. The molecule has 1 atom stereocenters. The van der Waals surface area contributed by atoms with Crippen LogP contribution in [0.15, 0.2) is 54.6 Å². The molecule has 0 bridgehead atoms. The third-order valence-corrected chi connectivity index (χ3v) is 7.57. The van der Waals surface area contributed by atoms with Crippen LogP contribution in [-0.4, -0.2) is 31.7 Å². The molecule has 1 aliphatic rings. The number of carbonyl (C=O) groups excluding carboxylic acids is 1. The van der Waals surface area contributed by atoms with E-state index in [1.807, 2.05) is 30.3 Å². The summed E-state index contributed by atoms with van der Waals surface area (Å²) in [6.07, 6.45) is 1.77. The van der Waals surface area contributed by atoms with Crippen molar-refractivity contribution in [1.29, 1.82) is 0 Å². The minimum atomic E-state index is -3.63. The van der Waals surface area contributed by atoms with Crippen molar-refractivity contribution in [3.05, 3.63) is 71.5 Å². The van der Waals surface area contributed by atoms with Gasteiger partial charge in [-0.1, -0.05) is 62.4 Å². The van der Waals surface area contributed by atoms with Crippen LogP contribution in [0.2, 0.25) is 0 Å². The fourth-order valence-electron chi connectivity index (χ4n) is 4.02. The van der Waals surface area contributed by atoms with Gasteiger partial charge in [-0.25, -0.2) is 17.1 Å². The Morgan fingerprint density at radius 3 is 2.29 bits per heavy atom. The second kappa shape index (κ2) is 10.4. The largest absolute Gasteiger partial charge is 0.349 e. The van der Waals surface area contributed by atoms with Crippen molar-refractivity contribution >= 4 is 15.9 Å². The standard InChI is InChI=1S/C24H31FN2O3S/c1-18(2)16-23(19-8-4-3-5-9-19)26-24(28)20-12-14-27(15-13-20)31(29,30)17-21-10-6-7-11-22(21)25/h3-11,18,20,23H,12-17H2,1-2H3,(H,26,28). The summed E-state index contributed by atoms with van der Waals surface area (Å²) < 4.78 is 40.7. The van der Waals surface area contributed by atoms with Gasteiger partial charge in [0.25, 0.3) is 0 Å². The highest BCUT2D eigenvalue weighted by molar-refractivity contribution is 7.88. The molecule has 31 heavy (non-hydrogen) atoms. The van der Waals surface area contributed by atoms with E-state index < -0.39 is 15.8 Å². The van der Waals surface area contributed by atoms with Crippen molar-refractivity contribution in [3.8, 4) is 0 Å². The topological polar surface area (TPSA) is 66.5 Å². The summed E-state index contributed by atoms with van der Waals surface area (Å²) in [5, 5.41) is 3.18. The van der Waals surface area contributed by atoms with E-state index in [9.17, 15) is 17.6 Å². The van der Waals surface area contributed by atoms with Gasteiger partial charge in [0.15, 0.2) is 0 Å². The number of nitrogens with one attached hydrogen (secondary N) is 1. The van der Waals surface area contributed by atoms with Gasteiger partial charge >= 0.3 is 0 Å². The summed E-state index contributed by atoms with van der Waals surface area (Å²) in [6, 6.07) is 15.8. The Hall–Kier alpha value is -2.25. The second-order valence-corrected chi connectivity index (χ2v) is 10.6. The molecule has 1 unspecified atom stereocenters. The predicted molar refractivity (Wildman–Crippen MR) is 120 cm³/mol. The molecule has 0 spiro atoms. The predicted octanol–water partition coefficient (Wildman–Crippen LogP) is 4.27. The number of hydrogen-bond acceptors (Lipinski definition) is 3. The summed E-state index contributed by atoms with van der Waals surface area (Å²) in [7, 11) is -3.63. The lowest BCUT2D eigenvalue weighted by molar-refractivity contribution is -0.127. The summed E-state index contributed by atoms with van der Waals surface area (Å²) in [6.45, 7) is 4.80. The number of amides is 1. The van der Waals surface area contributed by atoms with Crippen LogP contribution in [0.3, 0.4) is 0 Å². The van der Waals surface area contributed by atoms with Crippen LogP contribution in [0.4, 0.5) is 4.39 Å². The molecule has 2 aromatic rings. The van der Waals surface area contributed by atoms with Crippen LogP contribution in [0.1, 0.15) is 50.3 Å². The van der Waals surface area contributed by atoms with Crippen LogP contribution in [0.5, 0.6) is 0 Å². The fraction of sp³-hybridized carbons (Fsp3) is 0.458. The molecule has 2 aromatic carbocycles. The average Bonchev–Trinajstić information content (AvgIpc) is 2.75. The zero-order chi connectivity index (χ0) is 22.4. The zero-order valence-electron chi connectivity index (χ0n) is 18.1. The van der Waals surface area contributed by atoms with Crippen molar-refractivity contribution in [2.75, 3.05) is 13.1 Å². The minimum absolute atomic E-state index is 0.0272. The number of nitrogens with zero attached hydrogens (tertiary/aromatic N) is 1. The molecule has 7 heteroatoms. The van der Waals surface area contributed by atoms with Crippen molar-refractivity contribution in [2.24, 2.45) is 11.8 Å². The summed E-state index contributed by atoms with van der Waals surface area (Å²) in [4.78, 5) is 12.9.